The molecule has 13 heavy (non-hydrogen) atoms. The van der Waals surface area contributed by atoms with E-state index in [1.807, 2.05) is 0 Å². The molecule has 1 aliphatic carbocycles. The van der Waals surface area contributed by atoms with Crippen LogP contribution in [0.2, 0.25) is 0 Å². The minimum Gasteiger partial charge on any atom is -0.321 e. The van der Waals surface area contributed by atoms with Crippen molar-refractivity contribution in [2.45, 2.75) is 38.3 Å². The maximum atomic E-state index is 6.09. The summed E-state index contributed by atoms with van der Waals surface area (Å²) >= 11 is 0. The first-order chi connectivity index (χ1) is 6.36. The third kappa shape index (κ3) is 1.09. The summed E-state index contributed by atoms with van der Waals surface area (Å²) in [7, 11) is 0. The Balaban J connectivity index is 1.94. The van der Waals surface area contributed by atoms with Crippen LogP contribution in [0, 0.1) is 5.92 Å². The number of hydrogen-bond donors (Lipinski definition) is 1. The normalized spacial score (nSPS) is 23.2. The van der Waals surface area contributed by atoms with Crippen LogP contribution in [0.4, 0.5) is 0 Å². The van der Waals surface area contributed by atoms with Crippen LogP contribution < -0.4 is 5.73 Å². The molecule has 0 amide bonds. The van der Waals surface area contributed by atoms with E-state index in [1.54, 1.807) is 0 Å². The van der Waals surface area contributed by atoms with E-state index in [1.165, 1.54) is 19.3 Å². The van der Waals surface area contributed by atoms with Crippen molar-refractivity contribution in [3.8, 4) is 0 Å². The van der Waals surface area contributed by atoms with Gasteiger partial charge < -0.3 is 10.3 Å². The van der Waals surface area contributed by atoms with Gasteiger partial charge in [0.25, 0.3) is 0 Å². The van der Waals surface area contributed by atoms with Gasteiger partial charge in [0.15, 0.2) is 0 Å². The summed E-state index contributed by atoms with van der Waals surface area (Å²) in [6.45, 7) is 1.07. The Morgan fingerprint density at radius 3 is 3.00 bits per heavy atom. The molecule has 1 saturated carbocycles. The summed E-state index contributed by atoms with van der Waals surface area (Å²) in [5.41, 5.74) is 6.09. The Kier molecular flexibility index (Phi) is 1.47. The van der Waals surface area contributed by atoms with E-state index in [9.17, 15) is 0 Å². The van der Waals surface area contributed by atoms with Crippen molar-refractivity contribution >= 4 is 0 Å². The van der Waals surface area contributed by atoms with Crippen LogP contribution >= 0.6 is 0 Å². The zero-order valence-corrected chi connectivity index (χ0v) is 7.61. The van der Waals surface area contributed by atoms with E-state index in [0.717, 1.165) is 24.6 Å². The molecule has 70 valence electrons. The van der Waals surface area contributed by atoms with E-state index < -0.39 is 0 Å². The topological polar surface area (TPSA) is 56.7 Å². The number of aryl methyl sites for hydroxylation is 1. The second-order valence-electron chi connectivity index (χ2n) is 4.09. The third-order valence-corrected chi connectivity index (χ3v) is 3.07. The fraction of sp³-hybridized carbons (Fsp3) is 0.778. The number of aromatic nitrogens is 3. The number of rotatable bonds is 2. The predicted octanol–water partition coefficient (Wildman–Crippen LogP) is 0.634. The van der Waals surface area contributed by atoms with E-state index in [0.29, 0.717) is 5.92 Å². The molecule has 2 N–H and O–H groups in total. The molecule has 1 fully saturated rings. The summed E-state index contributed by atoms with van der Waals surface area (Å²) in [5.74, 6) is 2.83. The predicted molar refractivity (Wildman–Crippen MR) is 48.0 cm³/mol. The van der Waals surface area contributed by atoms with Crippen molar-refractivity contribution in [3.63, 3.8) is 0 Å². The second-order valence-corrected chi connectivity index (χ2v) is 4.09. The molecule has 1 aromatic heterocycles. The first-order valence-electron chi connectivity index (χ1n) is 5.04. The van der Waals surface area contributed by atoms with E-state index in [2.05, 4.69) is 14.8 Å². The highest BCUT2D eigenvalue weighted by atomic mass is 15.3. The average Bonchev–Trinajstić information content (AvgIpc) is 2.73. The molecule has 1 atom stereocenters. The zero-order chi connectivity index (χ0) is 8.84. The van der Waals surface area contributed by atoms with Gasteiger partial charge in [0, 0.05) is 13.0 Å². The summed E-state index contributed by atoms with van der Waals surface area (Å²) in [6.07, 6.45) is 4.81. The highest BCUT2D eigenvalue weighted by molar-refractivity contribution is 5.07. The van der Waals surface area contributed by atoms with Crippen LogP contribution in [0.3, 0.4) is 0 Å². The van der Waals surface area contributed by atoms with Crippen LogP contribution in [-0.2, 0) is 13.0 Å². The smallest absolute Gasteiger partial charge is 0.150 e. The molecule has 4 nitrogen and oxygen atoms in total. The molecule has 0 saturated heterocycles. The van der Waals surface area contributed by atoms with Gasteiger partial charge in [0.05, 0.1) is 6.04 Å². The average molecular weight is 178 g/mol. The first kappa shape index (κ1) is 7.50. The Hall–Kier alpha value is -0.900. The molecular formula is C9H14N4. The Labute approximate surface area is 77.1 Å². The Bertz CT molecular complexity index is 326. The lowest BCUT2D eigenvalue weighted by Gasteiger charge is -2.09. The SMILES string of the molecule is NC(c1nnc2n1CCC2)C1CC1. The Morgan fingerprint density at radius 2 is 2.23 bits per heavy atom. The summed E-state index contributed by atoms with van der Waals surface area (Å²) in [4.78, 5) is 0. The van der Waals surface area contributed by atoms with Crippen LogP contribution in [0.15, 0.2) is 0 Å². The highest BCUT2D eigenvalue weighted by Crippen LogP contribution is 2.39. The van der Waals surface area contributed by atoms with Crippen molar-refractivity contribution in [1.82, 2.24) is 14.8 Å². The van der Waals surface area contributed by atoms with E-state index in [4.69, 9.17) is 5.73 Å². The van der Waals surface area contributed by atoms with Gasteiger partial charge in [-0.3, -0.25) is 0 Å². The Morgan fingerprint density at radius 1 is 1.38 bits per heavy atom. The van der Waals surface area contributed by atoms with E-state index >= 15 is 0 Å². The minimum absolute atomic E-state index is 0.138. The van der Waals surface area contributed by atoms with Crippen molar-refractivity contribution < 1.29 is 0 Å². The van der Waals surface area contributed by atoms with Gasteiger partial charge in [-0.05, 0) is 25.2 Å². The number of hydrogen-bond acceptors (Lipinski definition) is 3. The van der Waals surface area contributed by atoms with Crippen molar-refractivity contribution in [1.29, 1.82) is 0 Å². The molecule has 3 rings (SSSR count). The maximum Gasteiger partial charge on any atom is 0.150 e. The number of fused-ring (bicyclic) bond motifs is 1. The van der Waals surface area contributed by atoms with Gasteiger partial charge in [-0.1, -0.05) is 0 Å². The molecule has 1 unspecified atom stereocenters. The first-order valence-corrected chi connectivity index (χ1v) is 5.04. The second kappa shape index (κ2) is 2.54. The van der Waals surface area contributed by atoms with Crippen molar-refractivity contribution in [3.05, 3.63) is 11.6 Å². The summed E-state index contributed by atoms with van der Waals surface area (Å²) in [6, 6.07) is 0.138. The fourth-order valence-electron chi connectivity index (χ4n) is 2.09. The molecule has 0 bridgehead atoms. The van der Waals surface area contributed by atoms with Gasteiger partial charge in [-0.25, -0.2) is 0 Å². The molecule has 4 heteroatoms. The molecule has 2 aliphatic rings. The van der Waals surface area contributed by atoms with Gasteiger partial charge in [-0.2, -0.15) is 0 Å². The lowest BCUT2D eigenvalue weighted by atomic mass is 10.2. The third-order valence-electron chi connectivity index (χ3n) is 3.07. The van der Waals surface area contributed by atoms with Gasteiger partial charge in [0.2, 0.25) is 0 Å². The lowest BCUT2D eigenvalue weighted by Crippen LogP contribution is -2.18. The van der Waals surface area contributed by atoms with Crippen LogP contribution in [0.5, 0.6) is 0 Å². The van der Waals surface area contributed by atoms with Gasteiger partial charge >= 0.3 is 0 Å². The summed E-state index contributed by atoms with van der Waals surface area (Å²) in [5, 5.41) is 8.35. The monoisotopic (exact) mass is 178 g/mol. The molecule has 0 radical (unpaired) electrons. The summed E-state index contributed by atoms with van der Waals surface area (Å²) < 4.78 is 2.21. The van der Waals surface area contributed by atoms with Crippen molar-refractivity contribution in [2.75, 3.05) is 0 Å². The quantitative estimate of drug-likeness (QED) is 0.722. The molecule has 2 heterocycles. The molecule has 1 aromatic rings. The highest BCUT2D eigenvalue weighted by Gasteiger charge is 2.33. The number of nitrogens with two attached hydrogens (primary N) is 1. The van der Waals surface area contributed by atoms with Crippen molar-refractivity contribution in [2.24, 2.45) is 11.7 Å². The minimum atomic E-state index is 0.138. The van der Waals surface area contributed by atoms with Gasteiger partial charge in [-0.15, -0.1) is 10.2 Å². The van der Waals surface area contributed by atoms with Crippen LogP contribution in [0.1, 0.15) is 37.0 Å². The molecule has 0 aromatic carbocycles. The zero-order valence-electron chi connectivity index (χ0n) is 7.61. The lowest BCUT2D eigenvalue weighted by molar-refractivity contribution is 0.548. The van der Waals surface area contributed by atoms with Gasteiger partial charge in [0.1, 0.15) is 11.6 Å². The standard InChI is InChI=1S/C9H14N4/c10-8(6-3-4-6)9-12-11-7-2-1-5-13(7)9/h6,8H,1-5,10H2. The maximum absolute atomic E-state index is 6.09. The number of nitrogens with zero attached hydrogens (tertiary/aromatic N) is 3. The molecule has 0 spiro atoms. The van der Waals surface area contributed by atoms with Crippen LogP contribution in [-0.4, -0.2) is 14.8 Å². The fourth-order valence-corrected chi connectivity index (χ4v) is 2.09. The van der Waals surface area contributed by atoms with E-state index in [-0.39, 0.29) is 6.04 Å². The van der Waals surface area contributed by atoms with Crippen LogP contribution in [0.25, 0.3) is 0 Å². The molecular weight excluding hydrogens is 164 g/mol. The molecule has 1 aliphatic heterocycles. The largest absolute Gasteiger partial charge is 0.321 e.